The van der Waals surface area contributed by atoms with E-state index >= 15 is 0 Å². The molecule has 2 fully saturated rings. The first-order valence-corrected chi connectivity index (χ1v) is 12.0. The topological polar surface area (TPSA) is 40.5 Å². The summed E-state index contributed by atoms with van der Waals surface area (Å²) >= 11 is 0. The van der Waals surface area contributed by atoms with Crippen molar-refractivity contribution in [2.75, 3.05) is 0 Å². The summed E-state index contributed by atoms with van der Waals surface area (Å²) in [5.74, 6) is 8.62. The molecule has 0 heterocycles. The largest absolute Gasteiger partial charge is 0.508 e. The predicted octanol–water partition coefficient (Wildman–Crippen LogP) is 6.15. The summed E-state index contributed by atoms with van der Waals surface area (Å²) in [5.41, 5.74) is 2.75. The molecule has 3 aliphatic rings. The number of aliphatic hydroxyl groups is 1. The summed E-state index contributed by atoms with van der Waals surface area (Å²) in [5, 5.41) is 21.4. The Morgan fingerprint density at radius 3 is 2.48 bits per heavy atom. The van der Waals surface area contributed by atoms with E-state index < -0.39 is 5.60 Å². The monoisotopic (exact) mass is 526 g/mol. The van der Waals surface area contributed by atoms with E-state index in [-0.39, 0.29) is 24.9 Å². The molecule has 3 aromatic carbocycles. The van der Waals surface area contributed by atoms with Gasteiger partial charge in [0, 0.05) is 24.9 Å². The quantitative estimate of drug-likeness (QED) is 0.210. The van der Waals surface area contributed by atoms with E-state index in [9.17, 15) is 10.2 Å². The van der Waals surface area contributed by atoms with Crippen LogP contribution in [0, 0.1) is 29.1 Å². The minimum atomic E-state index is -0.880. The summed E-state index contributed by atoms with van der Waals surface area (Å²) in [6.07, 6.45) is 6.18. The molecule has 174 valence electrons. The number of hydrogen-bond donors (Lipinski definition) is 2. The van der Waals surface area contributed by atoms with Crippen molar-refractivity contribution in [1.29, 1.82) is 0 Å². The van der Waals surface area contributed by atoms with Crippen molar-refractivity contribution >= 4 is 0 Å². The molecular formula is C30H32O2Ru-2. The molecular weight excluding hydrogens is 493 g/mol. The fraction of sp³-hybridized carbons (Fsp3) is 0.400. The fourth-order valence-corrected chi connectivity index (χ4v) is 6.74. The van der Waals surface area contributed by atoms with Gasteiger partial charge in [-0.2, -0.15) is 42.2 Å². The smallest absolute Gasteiger partial charge is 0.115 e. The number of rotatable bonds is 0. The number of phenolic OH excluding ortho intramolecular Hbond substituents is 1. The van der Waals surface area contributed by atoms with Crippen molar-refractivity contribution < 1.29 is 29.7 Å². The number of aryl methyl sites for hydroxylation is 1. The van der Waals surface area contributed by atoms with Gasteiger partial charge < -0.3 is 10.2 Å². The molecule has 2 saturated carbocycles. The van der Waals surface area contributed by atoms with Crippen LogP contribution >= 0.6 is 0 Å². The van der Waals surface area contributed by atoms with Gasteiger partial charge >= 0.3 is 0 Å². The zero-order valence-corrected chi connectivity index (χ0v) is 20.9. The normalized spacial score (nSPS) is 31.4. The molecule has 3 aromatic rings. The van der Waals surface area contributed by atoms with Crippen molar-refractivity contribution in [2.24, 2.45) is 17.3 Å². The summed E-state index contributed by atoms with van der Waals surface area (Å²) in [7, 11) is 0. The molecule has 3 heteroatoms. The Labute approximate surface area is 210 Å². The third-order valence-corrected chi connectivity index (χ3v) is 8.49. The molecule has 0 radical (unpaired) electrons. The first kappa shape index (κ1) is 24.0. The van der Waals surface area contributed by atoms with Crippen molar-refractivity contribution in [3.8, 4) is 17.6 Å². The molecule has 2 nitrogen and oxygen atoms in total. The third kappa shape index (κ3) is 4.37. The zero-order chi connectivity index (χ0) is 22.2. The SMILES string of the molecule is CC12CCC3c4ccc(O)cc4CCC3C1CCC2(O)C#C[c-]1cccc1.[Ru].c1cc[cH-]c1. The fourth-order valence-electron chi connectivity index (χ4n) is 6.74. The van der Waals surface area contributed by atoms with Crippen LogP contribution < -0.4 is 0 Å². The van der Waals surface area contributed by atoms with Crippen molar-refractivity contribution in [3.63, 3.8) is 0 Å². The van der Waals surface area contributed by atoms with Crippen molar-refractivity contribution in [1.82, 2.24) is 0 Å². The number of phenols is 1. The molecule has 3 aliphatic carbocycles. The maximum Gasteiger partial charge on any atom is 0.115 e. The Hall–Kier alpha value is -2.14. The van der Waals surface area contributed by atoms with Gasteiger partial charge in [-0.3, -0.25) is 0 Å². The van der Waals surface area contributed by atoms with Crippen LogP contribution in [0.1, 0.15) is 61.6 Å². The summed E-state index contributed by atoms with van der Waals surface area (Å²) in [6.45, 7) is 2.28. The molecule has 0 bridgehead atoms. The summed E-state index contributed by atoms with van der Waals surface area (Å²) in [6, 6.07) is 23.9. The minimum Gasteiger partial charge on any atom is -0.508 e. The number of hydrogen-bond acceptors (Lipinski definition) is 2. The maximum atomic E-state index is 11.6. The van der Waals surface area contributed by atoms with Gasteiger partial charge in [-0.25, -0.2) is 12.1 Å². The number of benzene rings is 1. The Morgan fingerprint density at radius 2 is 1.79 bits per heavy atom. The van der Waals surface area contributed by atoms with Gasteiger partial charge in [0.2, 0.25) is 0 Å². The van der Waals surface area contributed by atoms with Gasteiger partial charge in [-0.1, -0.05) is 18.6 Å². The number of aromatic hydroxyl groups is 1. The van der Waals surface area contributed by atoms with Gasteiger partial charge in [0.1, 0.15) is 5.75 Å². The summed E-state index contributed by atoms with van der Waals surface area (Å²) in [4.78, 5) is 0. The van der Waals surface area contributed by atoms with Crippen molar-refractivity contribution in [2.45, 2.75) is 57.0 Å². The van der Waals surface area contributed by atoms with Crippen molar-refractivity contribution in [3.05, 3.63) is 89.5 Å². The van der Waals surface area contributed by atoms with Crippen LogP contribution in [-0.2, 0) is 25.9 Å². The van der Waals surface area contributed by atoms with E-state index in [1.165, 1.54) is 11.1 Å². The molecule has 0 spiro atoms. The Bertz CT molecular complexity index is 1090. The van der Waals surface area contributed by atoms with Gasteiger partial charge in [-0.15, -0.1) is 12.1 Å². The third-order valence-electron chi connectivity index (χ3n) is 8.49. The molecule has 2 N–H and O–H groups in total. The van der Waals surface area contributed by atoms with E-state index in [1.54, 1.807) is 0 Å². The average molecular weight is 526 g/mol. The van der Waals surface area contributed by atoms with Crippen LogP contribution in [-0.4, -0.2) is 15.8 Å². The standard InChI is InChI=1S/C25H27O2.C5H5.Ru/c1-24-13-11-21-20-9-7-19(26)16-18(20)6-8-22(21)23(24)12-15-25(24,27)14-10-17-4-2-3-5-17;1-2-4-5-3-1;/h2-5,7,9,16,21-23,26-27H,6,8,11-13,15H2,1H3;1-5H;/q2*-1;. The van der Waals surface area contributed by atoms with E-state index in [4.69, 9.17) is 0 Å². The Kier molecular flexibility index (Phi) is 6.99. The summed E-state index contributed by atoms with van der Waals surface area (Å²) < 4.78 is 0. The second kappa shape index (κ2) is 9.62. The maximum absolute atomic E-state index is 11.6. The van der Waals surface area contributed by atoms with Crippen LogP contribution in [0.2, 0.25) is 0 Å². The molecule has 5 unspecified atom stereocenters. The molecule has 5 atom stereocenters. The Balaban J connectivity index is 0.000000385. The second-order valence-electron chi connectivity index (χ2n) is 10.0. The molecule has 0 saturated heterocycles. The molecule has 33 heavy (non-hydrogen) atoms. The first-order chi connectivity index (χ1) is 15.5. The molecule has 0 aromatic heterocycles. The Morgan fingerprint density at radius 1 is 1.03 bits per heavy atom. The average Bonchev–Trinajstić information content (AvgIpc) is 3.56. The predicted molar refractivity (Wildman–Crippen MR) is 129 cm³/mol. The van der Waals surface area contributed by atoms with E-state index in [2.05, 4.69) is 24.8 Å². The van der Waals surface area contributed by atoms with Crippen LogP contribution in [0.4, 0.5) is 0 Å². The van der Waals surface area contributed by atoms with Crippen LogP contribution in [0.15, 0.2) is 72.8 Å². The molecule has 0 amide bonds. The van der Waals surface area contributed by atoms with E-state index in [0.717, 1.165) is 44.1 Å². The minimum absolute atomic E-state index is 0. The number of fused-ring (bicyclic) bond motifs is 5. The van der Waals surface area contributed by atoms with Gasteiger partial charge in [0.05, 0.1) is 5.60 Å². The first-order valence-electron chi connectivity index (χ1n) is 12.0. The van der Waals surface area contributed by atoms with Crippen LogP contribution in [0.5, 0.6) is 5.75 Å². The van der Waals surface area contributed by atoms with Gasteiger partial charge in [0.25, 0.3) is 0 Å². The van der Waals surface area contributed by atoms with Gasteiger partial charge in [-0.05, 0) is 79.5 Å². The molecule has 6 rings (SSSR count). The second-order valence-corrected chi connectivity index (χ2v) is 10.0. The van der Waals surface area contributed by atoms with Crippen LogP contribution in [0.25, 0.3) is 0 Å². The van der Waals surface area contributed by atoms with Gasteiger partial charge in [0.15, 0.2) is 0 Å². The zero-order valence-electron chi connectivity index (χ0n) is 19.2. The van der Waals surface area contributed by atoms with E-state index in [0.29, 0.717) is 23.5 Å². The van der Waals surface area contributed by atoms with E-state index in [1.807, 2.05) is 66.7 Å². The molecule has 0 aliphatic heterocycles. The van der Waals surface area contributed by atoms with Crippen LogP contribution in [0.3, 0.4) is 0 Å².